The Kier molecular flexibility index (Phi) is 37.8. The maximum Gasteiger partial charge on any atom is 0.349 e. The van der Waals surface area contributed by atoms with Crippen LogP contribution in [0.2, 0.25) is 10.1 Å². The van der Waals surface area contributed by atoms with Crippen LogP contribution < -0.4 is 0 Å². The molecule has 7 aliphatic heterocycles. The van der Waals surface area contributed by atoms with Crippen LogP contribution in [-0.4, -0.2) is 256 Å². The fourth-order valence-electron chi connectivity index (χ4n) is 19.3. The lowest BCUT2D eigenvalue weighted by Crippen LogP contribution is -2.69. The summed E-state index contributed by atoms with van der Waals surface area (Å²) in [5, 5.41) is 2.69. The first-order valence-corrected chi connectivity index (χ1v) is 50.5. The second-order valence-electron chi connectivity index (χ2n) is 38.4. The second-order valence-corrected chi connectivity index (χ2v) is 43.1. The first-order valence-electron chi connectivity index (χ1n) is 48.7. The molecule has 0 aromatic heterocycles. The van der Waals surface area contributed by atoms with Crippen molar-refractivity contribution in [2.24, 2.45) is 5.11 Å². The van der Waals surface area contributed by atoms with E-state index in [1.807, 2.05) is 159 Å². The molecule has 7 aliphatic rings. The van der Waals surface area contributed by atoms with Gasteiger partial charge in [0.25, 0.3) is 0 Å². The summed E-state index contributed by atoms with van der Waals surface area (Å²) in [6, 6.07) is 71.3. The number of carbonyl (C=O) groups is 6. The number of hydrogen-bond donors (Lipinski definition) is 0. The molecule has 15 rings (SSSR count). The van der Waals surface area contributed by atoms with Gasteiger partial charge in [-0.2, -0.15) is 0 Å². The van der Waals surface area contributed by atoms with Crippen molar-refractivity contribution in [2.45, 2.75) is 305 Å². The van der Waals surface area contributed by atoms with E-state index in [-0.39, 0.29) is 82.5 Å². The largest absolute Gasteiger partial charge is 0.456 e. The molecule has 0 N–H and O–H groups in total. The van der Waals surface area contributed by atoms with Crippen LogP contribution in [0.5, 0.6) is 0 Å². The number of fused-ring (bicyclic) bond motifs is 1. The summed E-state index contributed by atoms with van der Waals surface area (Å²) in [4.78, 5) is 90.6. The number of azide groups is 1. The summed E-state index contributed by atoms with van der Waals surface area (Å²) in [7, 11) is -1.94. The molecule has 28 atom stereocenters. The Morgan fingerprint density at radius 3 is 1.20 bits per heavy atom. The standard InChI is InChI=1S/C108H129N3O32Si/c1-65-82(121-58-72-41-24-15-25-42-72)88(122-59-73-43-26-16-27-44-73)92(118-13)103(127-65)142-95-89(123-60-74-45-28-17-29-46-74)85(79(62-119-57-71-39-22-14-23-40-71)134-101(95)120-56-38-55-110-111-109)138-102-94(86(80(63-125-102)133-98(115)76-49-32-19-33-50-76)139-105-96(132-70(6)114)90(131-69(5)113)83(66(2)128-105)130-68(4)112)141-106-97(137-100(117)78-53-36-21-37-54-78)91(84(67(3)129-106)136-99(116)77-51-34-20-35-52-77)140-104-93(124-61-75-47-30-18-31-48-75)87-81(135-104)64-126-144(143-87,107(7,8)9)108(10,11)12/h14-37,39-54,65-67,79-97,101-106H,38,55-64H2,1-13H3/t65-,66-,67-,79+,80-,81-,82+,83-,84-,85-,86-,87-,88+,89-,90+,91+,92-,93+,94+,95+,96+,97+,101+,102-,103-,104+,105-,106-/m0/s1. The molecule has 0 bridgehead atoms. The molecule has 36 heteroatoms. The number of carbonyl (C=O) groups excluding carboxylic acids is 6. The fraction of sp³-hybridized carbons (Fsp3) is 0.500. The smallest absolute Gasteiger partial charge is 0.349 e. The topological polar surface area (TPSA) is 391 Å². The molecular weight excluding hydrogens is 1880 g/mol. The van der Waals surface area contributed by atoms with Crippen molar-refractivity contribution in [3.63, 3.8) is 0 Å². The average Bonchev–Trinajstić information content (AvgIpc) is 1.00. The molecule has 0 spiro atoms. The van der Waals surface area contributed by atoms with Gasteiger partial charge in [-0.3, -0.25) is 14.4 Å². The summed E-state index contributed by atoms with van der Waals surface area (Å²) < 4.78 is 183. The highest BCUT2D eigenvalue weighted by molar-refractivity contribution is 6.73. The third-order valence-corrected chi connectivity index (χ3v) is 31.0. The molecule has 0 saturated carbocycles. The Morgan fingerprint density at radius 2 is 0.736 bits per heavy atom. The quantitative estimate of drug-likeness (QED) is 0.00653. The van der Waals surface area contributed by atoms with Crippen LogP contribution in [0.15, 0.2) is 248 Å². The number of hydrogen-bond acceptors (Lipinski definition) is 33. The number of nitrogens with zero attached hydrogens (tertiary/aromatic N) is 3. The van der Waals surface area contributed by atoms with Gasteiger partial charge in [0.1, 0.15) is 79.4 Å². The zero-order valence-electron chi connectivity index (χ0n) is 82.9. The molecule has 35 nitrogen and oxygen atoms in total. The van der Waals surface area contributed by atoms with Gasteiger partial charge in [0, 0.05) is 56.0 Å². The second kappa shape index (κ2) is 50.6. The van der Waals surface area contributed by atoms with Crippen molar-refractivity contribution in [1.29, 1.82) is 0 Å². The van der Waals surface area contributed by atoms with Gasteiger partial charge in [0.2, 0.25) is 0 Å². The minimum absolute atomic E-state index is 0.00452. The van der Waals surface area contributed by atoms with Crippen LogP contribution in [0.4, 0.5) is 0 Å². The maximum absolute atomic E-state index is 15.9. The number of benzene rings is 8. The Balaban J connectivity index is 0.924. The van der Waals surface area contributed by atoms with Crippen molar-refractivity contribution < 1.29 is 151 Å². The number of ether oxygens (including phenoxy) is 24. The van der Waals surface area contributed by atoms with Gasteiger partial charge in [-0.1, -0.05) is 253 Å². The van der Waals surface area contributed by atoms with Gasteiger partial charge in [-0.05, 0) is 96.9 Å². The minimum Gasteiger partial charge on any atom is -0.456 e. The van der Waals surface area contributed by atoms with Crippen molar-refractivity contribution >= 4 is 44.4 Å². The number of esters is 6. The van der Waals surface area contributed by atoms with Crippen LogP contribution in [0.3, 0.4) is 0 Å². The van der Waals surface area contributed by atoms with Gasteiger partial charge in [0.05, 0.1) is 87.9 Å². The lowest BCUT2D eigenvalue weighted by Gasteiger charge is -2.53. The Hall–Kier alpha value is -10.7. The van der Waals surface area contributed by atoms with Crippen LogP contribution in [-0.2, 0) is 170 Å². The highest BCUT2D eigenvalue weighted by Gasteiger charge is 2.68. The summed E-state index contributed by atoms with van der Waals surface area (Å²) in [6.45, 7) is 19.5. The summed E-state index contributed by atoms with van der Waals surface area (Å²) in [5.74, 6) is -5.52. The van der Waals surface area contributed by atoms with Crippen LogP contribution in [0.25, 0.3) is 10.4 Å². The molecule has 144 heavy (non-hydrogen) atoms. The molecular formula is C108H129N3O32Si. The highest BCUT2D eigenvalue weighted by Crippen LogP contribution is 2.56. The van der Waals surface area contributed by atoms with Gasteiger partial charge < -0.3 is 123 Å². The average molecular weight is 2010 g/mol. The summed E-state index contributed by atoms with van der Waals surface area (Å²) in [6.07, 6.45) is -42.2. The predicted octanol–water partition coefficient (Wildman–Crippen LogP) is 15.2. The molecule has 8 aromatic carbocycles. The van der Waals surface area contributed by atoms with Crippen LogP contribution in [0, 0.1) is 0 Å². The molecule has 7 heterocycles. The van der Waals surface area contributed by atoms with Gasteiger partial charge in [0.15, 0.2) is 74.4 Å². The summed E-state index contributed by atoms with van der Waals surface area (Å²) in [5.41, 5.74) is 13.7. The lowest BCUT2D eigenvalue weighted by molar-refractivity contribution is -0.407. The van der Waals surface area contributed by atoms with E-state index in [2.05, 4.69) is 51.6 Å². The molecule has 0 unspecified atom stereocenters. The van der Waals surface area contributed by atoms with E-state index in [1.54, 1.807) is 73.7 Å². The molecule has 772 valence electrons. The lowest BCUT2D eigenvalue weighted by atomic mass is 9.95. The van der Waals surface area contributed by atoms with E-state index < -0.39 is 233 Å². The van der Waals surface area contributed by atoms with Crippen LogP contribution in [0.1, 0.15) is 148 Å². The maximum atomic E-state index is 15.9. The zero-order chi connectivity index (χ0) is 102. The third-order valence-electron chi connectivity index (χ3n) is 25.8. The Labute approximate surface area is 838 Å². The SMILES string of the molecule is CO[C@@H]1[C@H](O[C@H]2[C@H](OCCCN=[N+]=[N-])O[C@H](COCc3ccccc3)[C@H](O[C@@H]3OC[C@H](OC(=O)c4ccccc4)[C@H](O[C@@H]4O[C@@H](C)[C@H](OC(C)=O)[C@@H](OC(C)=O)[C@H]4OC(C)=O)[C@H]3O[C@@H]3O[C@@H](C)[C@H](OC(=O)c4ccccc4)[C@@H](O[C@H]4O[C@H]5CO[Si](C(C)(C)C)(C(C)(C)C)O[C@@H]5[C@H]4OCc4ccccc4)[C@H]3OC(=O)c3ccccc3)[C@@H]2OCc2ccccc2)O[C@@H](C)[C@@H](OCc2ccccc2)[C@H]1OCc1ccccc1. The van der Waals surface area contributed by atoms with Crippen molar-refractivity contribution in [1.82, 2.24) is 0 Å². The monoisotopic (exact) mass is 2010 g/mol. The molecule has 0 amide bonds. The van der Waals surface area contributed by atoms with Gasteiger partial charge in [-0.25, -0.2) is 14.4 Å². The molecule has 8 aromatic rings. The molecule has 7 saturated heterocycles. The van der Waals surface area contributed by atoms with E-state index in [0.717, 1.165) is 43.0 Å². The molecule has 0 radical (unpaired) electrons. The van der Waals surface area contributed by atoms with Crippen molar-refractivity contribution in [2.75, 3.05) is 40.1 Å². The Morgan fingerprint density at radius 1 is 0.368 bits per heavy atom. The zero-order valence-corrected chi connectivity index (χ0v) is 83.9. The number of methoxy groups -OCH3 is 1. The van der Waals surface area contributed by atoms with E-state index in [4.69, 9.17) is 123 Å². The van der Waals surface area contributed by atoms with Crippen molar-refractivity contribution in [3.8, 4) is 0 Å². The van der Waals surface area contributed by atoms with E-state index in [0.29, 0.717) is 5.56 Å². The fourth-order valence-corrected chi connectivity index (χ4v) is 24.2. The van der Waals surface area contributed by atoms with Gasteiger partial charge in [-0.15, -0.1) is 0 Å². The van der Waals surface area contributed by atoms with E-state index >= 15 is 14.4 Å². The molecule has 7 fully saturated rings. The highest BCUT2D eigenvalue weighted by atomic mass is 28.4. The van der Waals surface area contributed by atoms with Crippen molar-refractivity contribution in [3.05, 3.63) is 298 Å². The van der Waals surface area contributed by atoms with E-state index in [1.165, 1.54) is 38.3 Å². The van der Waals surface area contributed by atoms with Crippen LogP contribution >= 0.6 is 0 Å². The first kappa shape index (κ1) is 108. The minimum atomic E-state index is -3.43. The Bertz CT molecular complexity index is 5420. The third kappa shape index (κ3) is 27.2. The summed E-state index contributed by atoms with van der Waals surface area (Å²) >= 11 is 0. The molecule has 0 aliphatic carbocycles. The predicted molar refractivity (Wildman–Crippen MR) is 516 cm³/mol. The normalized spacial score (nSPS) is 30.5. The van der Waals surface area contributed by atoms with Gasteiger partial charge >= 0.3 is 44.4 Å². The number of rotatable bonds is 41. The first-order chi connectivity index (χ1) is 69.5. The van der Waals surface area contributed by atoms with E-state index in [9.17, 15) is 19.9 Å².